The summed E-state index contributed by atoms with van der Waals surface area (Å²) >= 11 is 0. The Kier molecular flexibility index (Phi) is 4.41. The van der Waals surface area contributed by atoms with Crippen molar-refractivity contribution >= 4 is 11.7 Å². The Morgan fingerprint density at radius 3 is 2.19 bits per heavy atom. The van der Waals surface area contributed by atoms with E-state index in [1.807, 2.05) is 0 Å². The van der Waals surface area contributed by atoms with Crippen molar-refractivity contribution < 1.29 is 18.4 Å². The summed E-state index contributed by atoms with van der Waals surface area (Å²) in [5.74, 6) is -0.434. The summed E-state index contributed by atoms with van der Waals surface area (Å²) in [6.45, 7) is 0.666. The second-order valence-corrected chi connectivity index (χ2v) is 8.46. The van der Waals surface area contributed by atoms with Crippen molar-refractivity contribution in [3.05, 3.63) is 47.5 Å². The molecule has 1 aromatic rings. The lowest BCUT2D eigenvalue weighted by Gasteiger charge is -2.56. The van der Waals surface area contributed by atoms with Crippen molar-refractivity contribution in [1.82, 2.24) is 5.32 Å². The zero-order chi connectivity index (χ0) is 18.3. The Bertz CT molecular complexity index is 736. The maximum Gasteiger partial charge on any atom is 0.244 e. The van der Waals surface area contributed by atoms with E-state index in [-0.39, 0.29) is 16.9 Å². The monoisotopic (exact) mass is 359 g/mol. The first-order chi connectivity index (χ1) is 12.4. The number of nitrogens with one attached hydrogen (secondary N) is 1. The zero-order valence-electron chi connectivity index (χ0n) is 14.6. The molecule has 5 rings (SSSR count). The number of rotatable bonds is 5. The van der Waals surface area contributed by atoms with Crippen LogP contribution >= 0.6 is 0 Å². The Balaban J connectivity index is 1.33. The van der Waals surface area contributed by atoms with E-state index in [0.29, 0.717) is 6.54 Å². The van der Waals surface area contributed by atoms with Crippen LogP contribution in [0.1, 0.15) is 48.9 Å². The highest BCUT2D eigenvalue weighted by Gasteiger charge is 2.50. The summed E-state index contributed by atoms with van der Waals surface area (Å²) in [6, 6.07) is 2.96. The molecule has 0 aromatic heterocycles. The minimum Gasteiger partial charge on any atom is -0.352 e. The van der Waals surface area contributed by atoms with E-state index in [1.165, 1.54) is 50.7 Å². The number of benzene rings is 1. The second-order valence-electron chi connectivity index (χ2n) is 8.46. The quantitative estimate of drug-likeness (QED) is 0.637. The summed E-state index contributed by atoms with van der Waals surface area (Å²) in [7, 11) is 0. The smallest absolute Gasteiger partial charge is 0.244 e. The maximum atomic E-state index is 13.2. The molecule has 1 amide bonds. The number of allylic oxidation sites excluding steroid dienone is 1. The molecule has 0 heterocycles. The first-order valence-corrected chi connectivity index (χ1v) is 9.38. The minimum absolute atomic E-state index is 0.0223. The van der Waals surface area contributed by atoms with Crippen molar-refractivity contribution in [1.29, 1.82) is 0 Å². The van der Waals surface area contributed by atoms with E-state index < -0.39 is 17.4 Å². The first-order valence-electron chi connectivity index (χ1n) is 9.38. The average Bonchev–Trinajstić information content (AvgIpc) is 2.59. The molecule has 4 aliphatic carbocycles. The van der Waals surface area contributed by atoms with Gasteiger partial charge in [-0.25, -0.2) is 8.78 Å². The van der Waals surface area contributed by atoms with Gasteiger partial charge in [0.1, 0.15) is 0 Å². The minimum atomic E-state index is -1.07. The van der Waals surface area contributed by atoms with Crippen LogP contribution in [0.15, 0.2) is 30.4 Å². The van der Waals surface area contributed by atoms with Gasteiger partial charge >= 0.3 is 0 Å². The summed E-state index contributed by atoms with van der Waals surface area (Å²) in [6.07, 6.45) is 9.98. The predicted molar refractivity (Wildman–Crippen MR) is 93.4 cm³/mol. The molecule has 5 heteroatoms. The van der Waals surface area contributed by atoms with E-state index in [0.717, 1.165) is 36.0 Å². The Labute approximate surface area is 151 Å². The fourth-order valence-electron chi connectivity index (χ4n) is 5.74. The molecular formula is C21H23F2NO2. The maximum absolute atomic E-state index is 13.2. The number of halogens is 2. The van der Waals surface area contributed by atoms with Gasteiger partial charge in [-0.1, -0.05) is 0 Å². The molecule has 1 N–H and O–H groups in total. The molecule has 0 saturated heterocycles. The molecule has 4 bridgehead atoms. The molecule has 0 atom stereocenters. The summed E-state index contributed by atoms with van der Waals surface area (Å²) in [5.41, 5.74) is 0.261. The predicted octanol–water partition coefficient (Wildman–Crippen LogP) is 4.04. The van der Waals surface area contributed by atoms with Gasteiger partial charge in [0.2, 0.25) is 5.91 Å². The molecule has 0 spiro atoms. The number of ketones is 1. The number of carbonyl (C=O) groups is 2. The standard InChI is InChI=1S/C21H23F2NO2/c22-17-2-1-16(8-18(17)23)19(25)3-4-20(26)24-12-21-9-13-5-14(10-21)7-15(6-13)11-21/h1-4,8,13-15H,5-7,9-12H2,(H,24,26)/b4-3+. The van der Waals surface area contributed by atoms with Crippen molar-refractivity contribution in [2.75, 3.05) is 6.54 Å². The van der Waals surface area contributed by atoms with Crippen LogP contribution < -0.4 is 5.32 Å². The molecule has 0 aliphatic heterocycles. The second kappa shape index (κ2) is 6.60. The van der Waals surface area contributed by atoms with Crippen LogP contribution in [0.25, 0.3) is 0 Å². The Hall–Kier alpha value is -2.04. The lowest BCUT2D eigenvalue weighted by atomic mass is 9.49. The fraction of sp³-hybridized carbons (Fsp3) is 0.524. The van der Waals surface area contributed by atoms with Gasteiger partial charge < -0.3 is 5.32 Å². The van der Waals surface area contributed by atoms with Crippen LogP contribution in [0.4, 0.5) is 8.78 Å². The topological polar surface area (TPSA) is 46.2 Å². The third-order valence-electron chi connectivity index (χ3n) is 6.39. The molecule has 3 nitrogen and oxygen atoms in total. The van der Waals surface area contributed by atoms with E-state index in [9.17, 15) is 18.4 Å². The van der Waals surface area contributed by atoms with Gasteiger partial charge in [0.25, 0.3) is 0 Å². The lowest BCUT2D eigenvalue weighted by molar-refractivity contribution is -0.118. The summed E-state index contributed by atoms with van der Waals surface area (Å²) in [4.78, 5) is 24.1. The molecule has 0 unspecified atom stereocenters. The summed E-state index contributed by atoms with van der Waals surface area (Å²) in [5, 5.41) is 2.95. The highest BCUT2D eigenvalue weighted by molar-refractivity contribution is 6.07. The molecule has 4 fully saturated rings. The number of amides is 1. The largest absolute Gasteiger partial charge is 0.352 e. The lowest BCUT2D eigenvalue weighted by Crippen LogP contribution is -2.51. The van der Waals surface area contributed by atoms with Gasteiger partial charge in [0, 0.05) is 18.2 Å². The van der Waals surface area contributed by atoms with Gasteiger partial charge in [-0.3, -0.25) is 9.59 Å². The average molecular weight is 359 g/mol. The van der Waals surface area contributed by atoms with Crippen molar-refractivity contribution in [3.63, 3.8) is 0 Å². The first kappa shape index (κ1) is 17.4. The molecule has 1 aromatic carbocycles. The molecule has 4 aliphatic rings. The third kappa shape index (κ3) is 3.44. The van der Waals surface area contributed by atoms with Gasteiger partial charge in [0.05, 0.1) is 0 Å². The number of hydrogen-bond donors (Lipinski definition) is 1. The van der Waals surface area contributed by atoms with Gasteiger partial charge in [-0.15, -0.1) is 0 Å². The van der Waals surface area contributed by atoms with Gasteiger partial charge in [-0.2, -0.15) is 0 Å². The fourth-order valence-corrected chi connectivity index (χ4v) is 5.74. The highest BCUT2D eigenvalue weighted by Crippen LogP contribution is 2.59. The zero-order valence-corrected chi connectivity index (χ0v) is 14.6. The van der Waals surface area contributed by atoms with Crippen LogP contribution in [0.2, 0.25) is 0 Å². The molecule has 138 valence electrons. The Morgan fingerprint density at radius 1 is 1.00 bits per heavy atom. The molecule has 26 heavy (non-hydrogen) atoms. The summed E-state index contributed by atoms with van der Waals surface area (Å²) < 4.78 is 26.1. The van der Waals surface area contributed by atoms with E-state index >= 15 is 0 Å². The highest BCUT2D eigenvalue weighted by atomic mass is 19.2. The van der Waals surface area contributed by atoms with Gasteiger partial charge in [-0.05, 0) is 86.0 Å². The third-order valence-corrected chi connectivity index (χ3v) is 6.39. The van der Waals surface area contributed by atoms with E-state index in [4.69, 9.17) is 0 Å². The van der Waals surface area contributed by atoms with Crippen LogP contribution in [0, 0.1) is 34.8 Å². The normalized spacial score (nSPS) is 32.2. The van der Waals surface area contributed by atoms with Crippen LogP contribution in [-0.2, 0) is 4.79 Å². The number of hydrogen-bond acceptors (Lipinski definition) is 2. The van der Waals surface area contributed by atoms with Crippen LogP contribution in [0.3, 0.4) is 0 Å². The van der Waals surface area contributed by atoms with Crippen LogP contribution in [0.5, 0.6) is 0 Å². The van der Waals surface area contributed by atoms with E-state index in [2.05, 4.69) is 5.32 Å². The molecular weight excluding hydrogens is 336 g/mol. The van der Waals surface area contributed by atoms with Crippen LogP contribution in [-0.4, -0.2) is 18.2 Å². The number of carbonyl (C=O) groups excluding carboxylic acids is 2. The van der Waals surface area contributed by atoms with E-state index in [1.54, 1.807) is 0 Å². The molecule has 0 radical (unpaired) electrons. The molecule has 4 saturated carbocycles. The SMILES string of the molecule is O=C(/C=C/C(=O)c1ccc(F)c(F)c1)NCC12CC3CC(CC(C3)C1)C2. The van der Waals surface area contributed by atoms with Gasteiger partial charge in [0.15, 0.2) is 17.4 Å². The Morgan fingerprint density at radius 2 is 1.62 bits per heavy atom. The van der Waals surface area contributed by atoms with Crippen molar-refractivity contribution in [2.24, 2.45) is 23.2 Å². The van der Waals surface area contributed by atoms with Crippen molar-refractivity contribution in [3.8, 4) is 0 Å². The van der Waals surface area contributed by atoms with Crippen molar-refractivity contribution in [2.45, 2.75) is 38.5 Å².